The summed E-state index contributed by atoms with van der Waals surface area (Å²) in [6.07, 6.45) is 4.91. The summed E-state index contributed by atoms with van der Waals surface area (Å²) in [5.74, 6) is 0. The van der Waals surface area contributed by atoms with Crippen LogP contribution in [-0.2, 0) is 9.84 Å². The molecule has 0 radical (unpaired) electrons. The van der Waals surface area contributed by atoms with Crippen LogP contribution in [0.3, 0.4) is 0 Å². The van der Waals surface area contributed by atoms with E-state index in [4.69, 9.17) is 0 Å². The normalized spacial score (nSPS) is 23.2. The number of hydrogen-bond acceptors (Lipinski definition) is 3. The summed E-state index contributed by atoms with van der Waals surface area (Å²) in [6, 6.07) is 5.61. The zero-order chi connectivity index (χ0) is 15.5. The van der Waals surface area contributed by atoms with Crippen LogP contribution in [0.25, 0.3) is 0 Å². The van der Waals surface area contributed by atoms with E-state index in [1.807, 2.05) is 26.0 Å². The Balaban J connectivity index is 2.28. The second-order valence-corrected chi connectivity index (χ2v) is 8.34. The van der Waals surface area contributed by atoms with E-state index in [-0.39, 0.29) is 11.3 Å². The fourth-order valence-corrected chi connectivity index (χ4v) is 5.19. The van der Waals surface area contributed by atoms with Crippen molar-refractivity contribution in [1.82, 2.24) is 5.32 Å². The minimum Gasteiger partial charge on any atom is -0.313 e. The lowest BCUT2D eigenvalue weighted by Gasteiger charge is -2.32. The molecule has 21 heavy (non-hydrogen) atoms. The molecule has 2 rings (SSSR count). The van der Waals surface area contributed by atoms with Gasteiger partial charge < -0.3 is 5.32 Å². The van der Waals surface area contributed by atoms with Gasteiger partial charge in [-0.3, -0.25) is 0 Å². The molecule has 1 saturated carbocycles. The van der Waals surface area contributed by atoms with E-state index in [0.717, 1.165) is 49.8 Å². The van der Waals surface area contributed by atoms with Crippen molar-refractivity contribution in [3.8, 4) is 0 Å². The maximum Gasteiger partial charge on any atom is 0.182 e. The van der Waals surface area contributed by atoms with Gasteiger partial charge in [0.25, 0.3) is 0 Å². The van der Waals surface area contributed by atoms with E-state index < -0.39 is 9.84 Å². The van der Waals surface area contributed by atoms with Gasteiger partial charge in [-0.05, 0) is 62.9 Å². The van der Waals surface area contributed by atoms with Crippen molar-refractivity contribution in [2.24, 2.45) is 0 Å². The largest absolute Gasteiger partial charge is 0.313 e. The van der Waals surface area contributed by atoms with Crippen LogP contribution in [0.1, 0.15) is 50.2 Å². The molecule has 0 heterocycles. The molecule has 4 heteroatoms. The van der Waals surface area contributed by atoms with Gasteiger partial charge in [-0.25, -0.2) is 8.42 Å². The molecule has 0 aliphatic heterocycles. The van der Waals surface area contributed by atoms with Crippen LogP contribution in [0, 0.1) is 13.8 Å². The van der Waals surface area contributed by atoms with Crippen LogP contribution >= 0.6 is 0 Å². The Bertz CT molecular complexity index is 580. The number of hydrogen-bond donors (Lipinski definition) is 1. The molecule has 0 saturated heterocycles. The van der Waals surface area contributed by atoms with Crippen molar-refractivity contribution in [2.75, 3.05) is 6.54 Å². The molecule has 118 valence electrons. The third-order valence-corrected chi connectivity index (χ3v) is 6.84. The van der Waals surface area contributed by atoms with Gasteiger partial charge in [-0.15, -0.1) is 0 Å². The molecule has 1 fully saturated rings. The van der Waals surface area contributed by atoms with E-state index in [1.165, 1.54) is 0 Å². The van der Waals surface area contributed by atoms with Crippen LogP contribution in [0.2, 0.25) is 0 Å². The minimum absolute atomic E-state index is 0.102. The third kappa shape index (κ3) is 3.67. The van der Waals surface area contributed by atoms with Crippen LogP contribution in [-0.4, -0.2) is 26.3 Å². The Labute approximate surface area is 129 Å². The molecule has 2 unspecified atom stereocenters. The molecule has 3 nitrogen and oxygen atoms in total. The van der Waals surface area contributed by atoms with Gasteiger partial charge in [-0.1, -0.05) is 25.8 Å². The maximum absolute atomic E-state index is 13.0. The highest BCUT2D eigenvalue weighted by Gasteiger charge is 2.36. The van der Waals surface area contributed by atoms with E-state index in [9.17, 15) is 8.42 Å². The van der Waals surface area contributed by atoms with Crippen LogP contribution < -0.4 is 5.32 Å². The first kappa shape index (κ1) is 16.5. The molecule has 1 N–H and O–H groups in total. The Morgan fingerprint density at radius 2 is 1.86 bits per heavy atom. The highest BCUT2D eigenvalue weighted by molar-refractivity contribution is 7.92. The lowest BCUT2D eigenvalue weighted by molar-refractivity contribution is 0.371. The molecular formula is C17H27NO2S. The molecular weight excluding hydrogens is 282 g/mol. The van der Waals surface area contributed by atoms with Crippen molar-refractivity contribution < 1.29 is 8.42 Å². The second-order valence-electron chi connectivity index (χ2n) is 6.17. The van der Waals surface area contributed by atoms with Crippen molar-refractivity contribution in [3.63, 3.8) is 0 Å². The predicted octanol–water partition coefficient (Wildman–Crippen LogP) is 3.39. The Kier molecular flexibility index (Phi) is 5.44. The molecule has 1 aromatic carbocycles. The lowest BCUT2D eigenvalue weighted by atomic mass is 9.95. The van der Waals surface area contributed by atoms with E-state index >= 15 is 0 Å². The van der Waals surface area contributed by atoms with Crippen LogP contribution in [0.5, 0.6) is 0 Å². The van der Waals surface area contributed by atoms with Crippen molar-refractivity contribution in [3.05, 3.63) is 29.3 Å². The van der Waals surface area contributed by atoms with Gasteiger partial charge in [0.15, 0.2) is 9.84 Å². The zero-order valence-corrected chi connectivity index (χ0v) is 14.2. The number of aryl methyl sites for hydroxylation is 2. The number of rotatable bonds is 5. The molecule has 0 bridgehead atoms. The topological polar surface area (TPSA) is 46.2 Å². The molecule has 1 aromatic rings. The number of sulfone groups is 1. The highest BCUT2D eigenvalue weighted by Crippen LogP contribution is 2.30. The van der Waals surface area contributed by atoms with Gasteiger partial charge in [0.1, 0.15) is 0 Å². The van der Waals surface area contributed by atoms with Gasteiger partial charge in [-0.2, -0.15) is 0 Å². The first-order valence-electron chi connectivity index (χ1n) is 8.01. The average molecular weight is 309 g/mol. The van der Waals surface area contributed by atoms with Crippen LogP contribution in [0.4, 0.5) is 0 Å². The van der Waals surface area contributed by atoms with Crippen molar-refractivity contribution in [1.29, 1.82) is 0 Å². The molecule has 1 aliphatic rings. The Morgan fingerprint density at radius 1 is 1.14 bits per heavy atom. The Morgan fingerprint density at radius 3 is 2.52 bits per heavy atom. The van der Waals surface area contributed by atoms with Gasteiger partial charge >= 0.3 is 0 Å². The van der Waals surface area contributed by atoms with E-state index in [2.05, 4.69) is 12.2 Å². The quantitative estimate of drug-likeness (QED) is 0.907. The lowest BCUT2D eigenvalue weighted by Crippen LogP contribution is -2.46. The number of nitrogens with one attached hydrogen (secondary N) is 1. The molecule has 0 aromatic heterocycles. The maximum atomic E-state index is 13.0. The first-order valence-corrected chi connectivity index (χ1v) is 9.56. The summed E-state index contributed by atoms with van der Waals surface area (Å²) in [7, 11) is -3.24. The van der Waals surface area contributed by atoms with Gasteiger partial charge in [0.2, 0.25) is 0 Å². The standard InChI is InChI=1S/C17H27NO2S/c1-4-11-18-16-7-5-6-8-17(16)21(19,20)15-10-9-13(2)14(3)12-15/h9-10,12,16-18H,4-8,11H2,1-3H3. The molecule has 2 atom stereocenters. The summed E-state index contributed by atoms with van der Waals surface area (Å²) in [6.45, 7) is 6.99. The van der Waals surface area contributed by atoms with Crippen LogP contribution in [0.15, 0.2) is 23.1 Å². The molecule has 1 aliphatic carbocycles. The third-order valence-electron chi connectivity index (χ3n) is 4.56. The molecule has 0 spiro atoms. The van der Waals surface area contributed by atoms with E-state index in [1.54, 1.807) is 6.07 Å². The summed E-state index contributed by atoms with van der Waals surface area (Å²) in [5.41, 5.74) is 2.18. The minimum atomic E-state index is -3.24. The summed E-state index contributed by atoms with van der Waals surface area (Å²) >= 11 is 0. The summed E-state index contributed by atoms with van der Waals surface area (Å²) in [4.78, 5) is 0.487. The van der Waals surface area contributed by atoms with Gasteiger partial charge in [0.05, 0.1) is 10.1 Å². The zero-order valence-electron chi connectivity index (χ0n) is 13.4. The smallest absolute Gasteiger partial charge is 0.182 e. The highest BCUT2D eigenvalue weighted by atomic mass is 32.2. The van der Waals surface area contributed by atoms with Gasteiger partial charge in [0, 0.05) is 6.04 Å². The van der Waals surface area contributed by atoms with E-state index in [0.29, 0.717) is 4.90 Å². The Hall–Kier alpha value is -0.870. The SMILES string of the molecule is CCCNC1CCCCC1S(=O)(=O)c1ccc(C)c(C)c1. The molecule has 0 amide bonds. The monoisotopic (exact) mass is 309 g/mol. The van der Waals surface area contributed by atoms with Crippen molar-refractivity contribution in [2.45, 2.75) is 69.1 Å². The second kappa shape index (κ2) is 6.93. The fourth-order valence-electron chi connectivity index (χ4n) is 3.10. The fraction of sp³-hybridized carbons (Fsp3) is 0.647. The predicted molar refractivity (Wildman–Crippen MR) is 87.4 cm³/mol. The average Bonchev–Trinajstić information content (AvgIpc) is 2.48. The van der Waals surface area contributed by atoms with Crippen molar-refractivity contribution >= 4 is 9.84 Å². The number of benzene rings is 1. The first-order chi connectivity index (χ1) is 9.96. The summed E-state index contributed by atoms with van der Waals surface area (Å²) < 4.78 is 26.0. The summed E-state index contributed by atoms with van der Waals surface area (Å²) in [5, 5.41) is 3.17.